The van der Waals surface area contributed by atoms with E-state index in [9.17, 15) is 0 Å². The SMILES string of the molecule is COc1cc(-c2ncoc2-c2ccc(OC)c3[nH]c(C)nc23)cc(OC)c1OC. The number of aryl methyl sites for hydroxylation is 1. The molecule has 2 aromatic heterocycles. The van der Waals surface area contributed by atoms with Crippen LogP contribution in [-0.2, 0) is 0 Å². The number of H-pyrrole nitrogens is 1. The summed E-state index contributed by atoms with van der Waals surface area (Å²) in [7, 11) is 6.34. The number of imidazole rings is 1. The first-order valence-corrected chi connectivity index (χ1v) is 8.88. The van der Waals surface area contributed by atoms with Gasteiger partial charge in [-0.05, 0) is 31.2 Å². The summed E-state index contributed by atoms with van der Waals surface area (Å²) < 4.78 is 27.6. The van der Waals surface area contributed by atoms with Crippen molar-refractivity contribution in [2.24, 2.45) is 0 Å². The third kappa shape index (κ3) is 3.02. The Hall–Kier alpha value is -3.68. The third-order valence-corrected chi connectivity index (χ3v) is 4.70. The number of methoxy groups -OCH3 is 4. The second-order valence-corrected chi connectivity index (χ2v) is 6.31. The lowest BCUT2D eigenvalue weighted by molar-refractivity contribution is 0.324. The standard InChI is InChI=1S/C21H21N3O5/c1-11-23-18-13(6-7-14(25-2)19(18)24-11)20-17(22-10-29-20)12-8-15(26-3)21(28-5)16(9-12)27-4/h6-10H,1-5H3,(H,23,24). The van der Waals surface area contributed by atoms with E-state index < -0.39 is 0 Å². The van der Waals surface area contributed by atoms with Gasteiger partial charge in [0.05, 0.1) is 28.4 Å². The highest BCUT2D eigenvalue weighted by Crippen LogP contribution is 2.44. The maximum atomic E-state index is 5.78. The molecule has 8 heteroatoms. The molecular formula is C21H21N3O5. The molecule has 0 saturated carbocycles. The van der Waals surface area contributed by atoms with Crippen molar-refractivity contribution in [1.29, 1.82) is 0 Å². The summed E-state index contributed by atoms with van der Waals surface area (Å²) in [4.78, 5) is 12.3. The molecule has 0 fully saturated rings. The fourth-order valence-corrected chi connectivity index (χ4v) is 3.40. The van der Waals surface area contributed by atoms with Gasteiger partial charge < -0.3 is 28.3 Å². The first-order chi connectivity index (χ1) is 14.1. The van der Waals surface area contributed by atoms with Crippen molar-refractivity contribution in [1.82, 2.24) is 15.0 Å². The Morgan fingerprint density at radius 1 is 0.897 bits per heavy atom. The average Bonchev–Trinajstić information content (AvgIpc) is 3.38. The molecule has 0 amide bonds. The fraction of sp³-hybridized carbons (Fsp3) is 0.238. The van der Waals surface area contributed by atoms with Crippen molar-refractivity contribution in [2.75, 3.05) is 28.4 Å². The highest BCUT2D eigenvalue weighted by molar-refractivity contribution is 5.97. The number of nitrogens with zero attached hydrogens (tertiary/aromatic N) is 2. The smallest absolute Gasteiger partial charge is 0.203 e. The van der Waals surface area contributed by atoms with Crippen LogP contribution in [0, 0.1) is 6.92 Å². The first kappa shape index (κ1) is 18.7. The van der Waals surface area contributed by atoms with Gasteiger partial charge in [0.1, 0.15) is 28.3 Å². The lowest BCUT2D eigenvalue weighted by Gasteiger charge is -2.14. The fourth-order valence-electron chi connectivity index (χ4n) is 3.40. The summed E-state index contributed by atoms with van der Waals surface area (Å²) in [6, 6.07) is 7.44. The Labute approximate surface area is 167 Å². The van der Waals surface area contributed by atoms with E-state index in [1.54, 1.807) is 28.4 Å². The Morgan fingerprint density at radius 2 is 1.59 bits per heavy atom. The molecule has 2 aromatic carbocycles. The molecule has 2 heterocycles. The lowest BCUT2D eigenvalue weighted by atomic mass is 10.0. The Balaban J connectivity index is 1.93. The minimum Gasteiger partial charge on any atom is -0.494 e. The van der Waals surface area contributed by atoms with Gasteiger partial charge >= 0.3 is 0 Å². The largest absolute Gasteiger partial charge is 0.494 e. The van der Waals surface area contributed by atoms with Gasteiger partial charge in [0.15, 0.2) is 23.7 Å². The van der Waals surface area contributed by atoms with E-state index >= 15 is 0 Å². The van der Waals surface area contributed by atoms with Gasteiger partial charge in [-0.1, -0.05) is 0 Å². The van der Waals surface area contributed by atoms with E-state index in [1.165, 1.54) is 6.39 Å². The maximum Gasteiger partial charge on any atom is 0.203 e. The van der Waals surface area contributed by atoms with E-state index in [-0.39, 0.29) is 0 Å². The number of hydrogen-bond acceptors (Lipinski definition) is 7. The predicted octanol–water partition coefficient (Wildman–Crippen LogP) is 4.23. The molecule has 0 aliphatic rings. The van der Waals surface area contributed by atoms with Crippen LogP contribution < -0.4 is 18.9 Å². The Kier molecular flexibility index (Phi) is 4.75. The average molecular weight is 395 g/mol. The number of aromatic nitrogens is 3. The van der Waals surface area contributed by atoms with Crippen LogP contribution in [0.3, 0.4) is 0 Å². The molecule has 0 radical (unpaired) electrons. The van der Waals surface area contributed by atoms with Crippen LogP contribution >= 0.6 is 0 Å². The van der Waals surface area contributed by atoms with Crippen LogP contribution in [0.4, 0.5) is 0 Å². The highest BCUT2D eigenvalue weighted by atomic mass is 16.5. The summed E-state index contributed by atoms with van der Waals surface area (Å²) >= 11 is 0. The van der Waals surface area contributed by atoms with Crippen molar-refractivity contribution in [3.8, 4) is 45.6 Å². The van der Waals surface area contributed by atoms with Crippen LogP contribution in [0.25, 0.3) is 33.6 Å². The first-order valence-electron chi connectivity index (χ1n) is 8.88. The molecule has 8 nitrogen and oxygen atoms in total. The van der Waals surface area contributed by atoms with Crippen molar-refractivity contribution < 1.29 is 23.4 Å². The van der Waals surface area contributed by atoms with E-state index in [0.29, 0.717) is 34.5 Å². The molecule has 0 aliphatic heterocycles. The molecule has 0 saturated heterocycles. The molecule has 0 aliphatic carbocycles. The molecule has 0 spiro atoms. The number of aromatic amines is 1. The Bertz CT molecular complexity index is 1150. The highest BCUT2D eigenvalue weighted by Gasteiger charge is 2.22. The molecular weight excluding hydrogens is 374 g/mol. The topological polar surface area (TPSA) is 91.6 Å². The zero-order valence-corrected chi connectivity index (χ0v) is 16.8. The molecule has 0 bridgehead atoms. The van der Waals surface area contributed by atoms with E-state index in [2.05, 4.69) is 15.0 Å². The van der Waals surface area contributed by atoms with Crippen molar-refractivity contribution in [3.05, 3.63) is 36.5 Å². The van der Waals surface area contributed by atoms with Crippen molar-refractivity contribution in [3.63, 3.8) is 0 Å². The second-order valence-electron chi connectivity index (χ2n) is 6.31. The van der Waals surface area contributed by atoms with Crippen LogP contribution in [0.2, 0.25) is 0 Å². The lowest BCUT2D eigenvalue weighted by Crippen LogP contribution is -1.96. The summed E-state index contributed by atoms with van der Waals surface area (Å²) in [6.07, 6.45) is 1.41. The van der Waals surface area contributed by atoms with Crippen LogP contribution in [-0.4, -0.2) is 43.4 Å². The summed E-state index contributed by atoms with van der Waals surface area (Å²) in [6.45, 7) is 1.89. The maximum absolute atomic E-state index is 5.78. The van der Waals surface area contributed by atoms with Crippen LogP contribution in [0.15, 0.2) is 35.1 Å². The second kappa shape index (κ2) is 7.38. The number of hydrogen-bond donors (Lipinski definition) is 1. The minimum atomic E-state index is 0.513. The van der Waals surface area contributed by atoms with Crippen molar-refractivity contribution >= 4 is 11.0 Å². The molecule has 4 aromatic rings. The molecule has 150 valence electrons. The molecule has 29 heavy (non-hydrogen) atoms. The third-order valence-electron chi connectivity index (χ3n) is 4.70. The van der Waals surface area contributed by atoms with Gasteiger partial charge in [0.2, 0.25) is 5.75 Å². The molecule has 0 atom stereocenters. The quantitative estimate of drug-likeness (QED) is 0.522. The number of oxazole rings is 1. The number of rotatable bonds is 6. The van der Waals surface area contributed by atoms with E-state index in [4.69, 9.17) is 23.4 Å². The zero-order valence-electron chi connectivity index (χ0n) is 16.8. The number of ether oxygens (including phenoxy) is 4. The van der Waals surface area contributed by atoms with Gasteiger partial charge in [-0.2, -0.15) is 0 Å². The molecule has 0 unspecified atom stereocenters. The molecule has 4 rings (SSSR count). The number of benzene rings is 2. The zero-order chi connectivity index (χ0) is 20.5. The number of fused-ring (bicyclic) bond motifs is 1. The normalized spacial score (nSPS) is 10.9. The molecule has 1 N–H and O–H groups in total. The van der Waals surface area contributed by atoms with Crippen LogP contribution in [0.1, 0.15) is 5.82 Å². The van der Waals surface area contributed by atoms with Gasteiger partial charge in [-0.25, -0.2) is 9.97 Å². The van der Waals surface area contributed by atoms with Gasteiger partial charge in [0.25, 0.3) is 0 Å². The van der Waals surface area contributed by atoms with Gasteiger partial charge in [-0.3, -0.25) is 0 Å². The summed E-state index contributed by atoms with van der Waals surface area (Å²) in [5.41, 5.74) is 3.74. The van der Waals surface area contributed by atoms with E-state index in [0.717, 1.165) is 28.0 Å². The van der Waals surface area contributed by atoms with Crippen molar-refractivity contribution in [2.45, 2.75) is 6.92 Å². The predicted molar refractivity (Wildman–Crippen MR) is 108 cm³/mol. The summed E-state index contributed by atoms with van der Waals surface area (Å²) in [5, 5.41) is 0. The number of nitrogens with one attached hydrogen (secondary N) is 1. The van der Waals surface area contributed by atoms with Crippen LogP contribution in [0.5, 0.6) is 23.0 Å². The summed E-state index contributed by atoms with van der Waals surface area (Å²) in [5.74, 6) is 3.65. The van der Waals surface area contributed by atoms with Gasteiger partial charge in [0, 0.05) is 11.1 Å². The minimum absolute atomic E-state index is 0.513. The monoisotopic (exact) mass is 395 g/mol. The Morgan fingerprint density at radius 3 is 2.21 bits per heavy atom. The van der Waals surface area contributed by atoms with E-state index in [1.807, 2.05) is 31.2 Å². The van der Waals surface area contributed by atoms with Gasteiger partial charge in [-0.15, -0.1) is 0 Å².